The normalized spacial score (nSPS) is 20.4. The van der Waals surface area contributed by atoms with Gasteiger partial charge in [0.15, 0.2) is 0 Å². The van der Waals surface area contributed by atoms with Crippen molar-refractivity contribution in [2.45, 2.75) is 45.7 Å². The van der Waals surface area contributed by atoms with E-state index in [-0.39, 0.29) is 0 Å². The Bertz CT molecular complexity index is 413. The largest absolute Gasteiger partial charge is 0.338 e. The number of likely N-dealkylation sites (tertiary alicyclic amines) is 1. The third kappa shape index (κ3) is 3.80. The summed E-state index contributed by atoms with van der Waals surface area (Å²) < 4.78 is 0. The molecule has 19 heavy (non-hydrogen) atoms. The van der Waals surface area contributed by atoms with Crippen LogP contribution >= 0.6 is 0 Å². The van der Waals surface area contributed by atoms with E-state index in [9.17, 15) is 4.79 Å². The van der Waals surface area contributed by atoms with Crippen molar-refractivity contribution in [3.8, 4) is 0 Å². The van der Waals surface area contributed by atoms with Crippen molar-refractivity contribution in [3.05, 3.63) is 35.4 Å². The zero-order valence-electron chi connectivity index (χ0n) is 11.8. The van der Waals surface area contributed by atoms with Crippen molar-refractivity contribution < 1.29 is 4.79 Å². The lowest BCUT2D eigenvalue weighted by atomic mass is 9.98. The predicted molar refractivity (Wildman–Crippen MR) is 77.4 cm³/mol. The van der Waals surface area contributed by atoms with Gasteiger partial charge in [-0.15, -0.1) is 0 Å². The molecule has 3 heteroatoms. The van der Waals surface area contributed by atoms with Crippen LogP contribution < -0.4 is 5.73 Å². The molecule has 1 aromatic carbocycles. The van der Waals surface area contributed by atoms with Crippen molar-refractivity contribution in [3.63, 3.8) is 0 Å². The highest BCUT2D eigenvalue weighted by Crippen LogP contribution is 2.22. The topological polar surface area (TPSA) is 46.3 Å². The molecule has 0 aliphatic carbocycles. The molecule has 1 unspecified atom stereocenters. The van der Waals surface area contributed by atoms with E-state index in [4.69, 9.17) is 5.73 Å². The van der Waals surface area contributed by atoms with E-state index in [1.807, 2.05) is 17.0 Å². The molecule has 1 aliphatic rings. The van der Waals surface area contributed by atoms with Crippen LogP contribution in [0.5, 0.6) is 0 Å². The number of carbonyl (C=O) groups is 1. The number of carbonyl (C=O) groups excluding carboxylic acids is 1. The fraction of sp³-hybridized carbons (Fsp3) is 0.562. The third-order valence-electron chi connectivity index (χ3n) is 4.14. The number of rotatable bonds is 4. The molecule has 1 fully saturated rings. The summed E-state index contributed by atoms with van der Waals surface area (Å²) in [6.07, 6.45) is 4.09. The minimum Gasteiger partial charge on any atom is -0.338 e. The number of benzene rings is 1. The Morgan fingerprint density at radius 1 is 1.21 bits per heavy atom. The maximum atomic E-state index is 12.1. The van der Waals surface area contributed by atoms with Crippen LogP contribution in [0.2, 0.25) is 0 Å². The van der Waals surface area contributed by atoms with Crippen LogP contribution in [0.1, 0.15) is 43.7 Å². The van der Waals surface area contributed by atoms with Gasteiger partial charge in [0.2, 0.25) is 5.91 Å². The molecular formula is C16H24N2O. The first-order valence-electron chi connectivity index (χ1n) is 7.28. The van der Waals surface area contributed by atoms with Crippen LogP contribution in [-0.4, -0.2) is 17.4 Å². The minimum atomic E-state index is 0.304. The summed E-state index contributed by atoms with van der Waals surface area (Å²) in [4.78, 5) is 14.1. The SMILES string of the molecule is CCC1CCC(=O)N(Cc2ccc(CN)cc2)CC1. The Morgan fingerprint density at radius 2 is 1.89 bits per heavy atom. The standard InChI is InChI=1S/C16H24N2O/c1-2-13-7-8-16(19)18(10-9-13)12-15-5-3-14(11-17)4-6-15/h3-6,13H,2,7-12,17H2,1H3. The van der Waals surface area contributed by atoms with Gasteiger partial charge in [0.25, 0.3) is 0 Å². The van der Waals surface area contributed by atoms with Gasteiger partial charge in [-0.3, -0.25) is 4.79 Å². The molecule has 3 nitrogen and oxygen atoms in total. The first kappa shape index (κ1) is 14.1. The number of nitrogens with zero attached hydrogens (tertiary/aromatic N) is 1. The Hall–Kier alpha value is -1.35. The van der Waals surface area contributed by atoms with Gasteiger partial charge in [0.05, 0.1) is 0 Å². The van der Waals surface area contributed by atoms with Crippen molar-refractivity contribution in [2.24, 2.45) is 11.7 Å². The molecule has 1 saturated heterocycles. The summed E-state index contributed by atoms with van der Waals surface area (Å²) in [6, 6.07) is 8.26. The van der Waals surface area contributed by atoms with Crippen LogP contribution in [0.15, 0.2) is 24.3 Å². The highest BCUT2D eigenvalue weighted by atomic mass is 16.2. The maximum absolute atomic E-state index is 12.1. The summed E-state index contributed by atoms with van der Waals surface area (Å²) in [5.74, 6) is 1.02. The molecule has 1 amide bonds. The molecule has 2 N–H and O–H groups in total. The second-order valence-corrected chi connectivity index (χ2v) is 5.44. The van der Waals surface area contributed by atoms with Crippen molar-refractivity contribution in [2.75, 3.05) is 6.54 Å². The van der Waals surface area contributed by atoms with Crippen molar-refractivity contribution in [1.29, 1.82) is 0 Å². The van der Waals surface area contributed by atoms with E-state index in [0.29, 0.717) is 24.8 Å². The molecular weight excluding hydrogens is 236 g/mol. The zero-order valence-corrected chi connectivity index (χ0v) is 11.8. The van der Waals surface area contributed by atoms with Gasteiger partial charge in [-0.1, -0.05) is 37.6 Å². The van der Waals surface area contributed by atoms with Gasteiger partial charge < -0.3 is 10.6 Å². The molecule has 0 spiro atoms. The molecule has 1 heterocycles. The Morgan fingerprint density at radius 3 is 2.53 bits per heavy atom. The average molecular weight is 260 g/mol. The summed E-state index contributed by atoms with van der Waals surface area (Å²) in [5, 5.41) is 0. The first-order chi connectivity index (χ1) is 9.22. The van der Waals surface area contributed by atoms with E-state index in [0.717, 1.165) is 31.5 Å². The monoisotopic (exact) mass is 260 g/mol. The summed E-state index contributed by atoms with van der Waals surface area (Å²) in [5.41, 5.74) is 7.92. The molecule has 0 aromatic heterocycles. The van der Waals surface area contributed by atoms with Gasteiger partial charge in [0, 0.05) is 26.1 Å². The van der Waals surface area contributed by atoms with Gasteiger partial charge in [-0.05, 0) is 29.9 Å². The molecule has 1 aromatic rings. The van der Waals surface area contributed by atoms with Crippen LogP contribution in [-0.2, 0) is 17.9 Å². The molecule has 0 saturated carbocycles. The van der Waals surface area contributed by atoms with Crippen LogP contribution in [0.3, 0.4) is 0 Å². The number of nitrogens with two attached hydrogens (primary N) is 1. The highest BCUT2D eigenvalue weighted by Gasteiger charge is 2.21. The fourth-order valence-electron chi connectivity index (χ4n) is 2.67. The smallest absolute Gasteiger partial charge is 0.222 e. The molecule has 0 radical (unpaired) electrons. The van der Waals surface area contributed by atoms with Crippen molar-refractivity contribution in [1.82, 2.24) is 4.90 Å². The second kappa shape index (κ2) is 6.71. The van der Waals surface area contributed by atoms with Crippen LogP contribution in [0.25, 0.3) is 0 Å². The molecule has 104 valence electrons. The minimum absolute atomic E-state index is 0.304. The lowest BCUT2D eigenvalue weighted by Gasteiger charge is -2.21. The number of hydrogen-bond acceptors (Lipinski definition) is 2. The second-order valence-electron chi connectivity index (χ2n) is 5.44. The highest BCUT2D eigenvalue weighted by molar-refractivity contribution is 5.76. The number of hydrogen-bond donors (Lipinski definition) is 1. The van der Waals surface area contributed by atoms with Gasteiger partial charge >= 0.3 is 0 Å². The summed E-state index contributed by atoms with van der Waals surface area (Å²) >= 11 is 0. The van der Waals surface area contributed by atoms with Gasteiger partial charge in [-0.25, -0.2) is 0 Å². The fourth-order valence-corrected chi connectivity index (χ4v) is 2.67. The first-order valence-corrected chi connectivity index (χ1v) is 7.28. The molecule has 1 atom stereocenters. The van der Waals surface area contributed by atoms with Crippen LogP contribution in [0, 0.1) is 5.92 Å². The Balaban J connectivity index is 1.98. The van der Waals surface area contributed by atoms with E-state index >= 15 is 0 Å². The molecule has 1 aliphatic heterocycles. The Labute approximate surface area is 115 Å². The van der Waals surface area contributed by atoms with Crippen molar-refractivity contribution >= 4 is 5.91 Å². The number of amides is 1. The van der Waals surface area contributed by atoms with E-state index < -0.39 is 0 Å². The average Bonchev–Trinajstić information content (AvgIpc) is 2.62. The summed E-state index contributed by atoms with van der Waals surface area (Å²) in [7, 11) is 0. The lowest BCUT2D eigenvalue weighted by Crippen LogP contribution is -2.29. The van der Waals surface area contributed by atoms with E-state index in [1.54, 1.807) is 0 Å². The predicted octanol–water partition coefficient (Wildman–Crippen LogP) is 2.68. The van der Waals surface area contributed by atoms with E-state index in [1.165, 1.54) is 12.0 Å². The van der Waals surface area contributed by atoms with E-state index in [2.05, 4.69) is 19.1 Å². The van der Waals surface area contributed by atoms with Crippen LogP contribution in [0.4, 0.5) is 0 Å². The lowest BCUT2D eigenvalue weighted by molar-refractivity contribution is -0.131. The van der Waals surface area contributed by atoms with Gasteiger partial charge in [-0.2, -0.15) is 0 Å². The zero-order chi connectivity index (χ0) is 13.7. The summed E-state index contributed by atoms with van der Waals surface area (Å²) in [6.45, 7) is 4.42. The Kier molecular flexibility index (Phi) is 4.97. The van der Waals surface area contributed by atoms with Gasteiger partial charge in [0.1, 0.15) is 0 Å². The third-order valence-corrected chi connectivity index (χ3v) is 4.14. The molecule has 2 rings (SSSR count). The quantitative estimate of drug-likeness (QED) is 0.904. The maximum Gasteiger partial charge on any atom is 0.222 e. The molecule has 0 bridgehead atoms.